The lowest BCUT2D eigenvalue weighted by Gasteiger charge is -2.09. The van der Waals surface area contributed by atoms with Crippen LogP contribution in [0.15, 0.2) is 43.0 Å². The van der Waals surface area contributed by atoms with E-state index >= 15 is 0 Å². The topological polar surface area (TPSA) is 43.4 Å². The van der Waals surface area contributed by atoms with Crippen molar-refractivity contribution in [3.8, 4) is 0 Å². The van der Waals surface area contributed by atoms with Gasteiger partial charge in [-0.05, 0) is 12.1 Å². The van der Waals surface area contributed by atoms with Gasteiger partial charge in [0.1, 0.15) is 0 Å². The Balaban J connectivity index is 2.62. The number of ether oxygens (including phenoxy) is 1. The zero-order valence-electron chi connectivity index (χ0n) is 8.26. The second kappa shape index (κ2) is 5.75. The number of hydrogen-bond acceptors (Lipinski definition) is 3. The SMILES string of the molecule is C=CCC(C=O)OC(=O)c1ccccc1. The summed E-state index contributed by atoms with van der Waals surface area (Å²) in [5, 5.41) is 0. The van der Waals surface area contributed by atoms with Gasteiger partial charge in [0.05, 0.1) is 5.56 Å². The maximum Gasteiger partial charge on any atom is 0.338 e. The third-order valence-electron chi connectivity index (χ3n) is 1.82. The van der Waals surface area contributed by atoms with Crippen LogP contribution in [-0.2, 0) is 9.53 Å². The van der Waals surface area contributed by atoms with E-state index in [1.54, 1.807) is 30.3 Å². The fraction of sp³-hybridized carbons (Fsp3) is 0.167. The zero-order valence-corrected chi connectivity index (χ0v) is 8.26. The van der Waals surface area contributed by atoms with Gasteiger partial charge < -0.3 is 4.74 Å². The number of rotatable bonds is 5. The molecular formula is C12H12O3. The van der Waals surface area contributed by atoms with E-state index in [4.69, 9.17) is 4.74 Å². The molecule has 0 N–H and O–H groups in total. The van der Waals surface area contributed by atoms with E-state index < -0.39 is 12.1 Å². The molecule has 1 unspecified atom stereocenters. The van der Waals surface area contributed by atoms with Gasteiger partial charge in [-0.3, -0.25) is 4.79 Å². The largest absolute Gasteiger partial charge is 0.451 e. The van der Waals surface area contributed by atoms with Crippen LogP contribution in [0.2, 0.25) is 0 Å². The van der Waals surface area contributed by atoms with Crippen LogP contribution in [0.1, 0.15) is 16.8 Å². The van der Waals surface area contributed by atoms with Crippen LogP contribution < -0.4 is 0 Å². The molecule has 1 rings (SSSR count). The maximum absolute atomic E-state index is 11.5. The predicted molar refractivity (Wildman–Crippen MR) is 56.5 cm³/mol. The predicted octanol–water partition coefficient (Wildman–Crippen LogP) is 1.99. The van der Waals surface area contributed by atoms with Crippen molar-refractivity contribution in [2.24, 2.45) is 0 Å². The minimum Gasteiger partial charge on any atom is -0.451 e. The van der Waals surface area contributed by atoms with Crippen molar-refractivity contribution in [3.63, 3.8) is 0 Å². The Bertz CT molecular complexity index is 343. The van der Waals surface area contributed by atoms with Crippen LogP contribution in [0.4, 0.5) is 0 Å². The molecule has 1 aromatic rings. The van der Waals surface area contributed by atoms with Gasteiger partial charge in [0.25, 0.3) is 0 Å². The number of aldehydes is 1. The molecule has 0 saturated heterocycles. The van der Waals surface area contributed by atoms with Crippen LogP contribution >= 0.6 is 0 Å². The van der Waals surface area contributed by atoms with E-state index in [-0.39, 0.29) is 0 Å². The first kappa shape index (κ1) is 11.2. The first-order valence-corrected chi connectivity index (χ1v) is 4.60. The molecule has 0 fully saturated rings. The minimum atomic E-state index is -0.741. The molecule has 0 amide bonds. The van der Waals surface area contributed by atoms with Crippen molar-refractivity contribution in [2.75, 3.05) is 0 Å². The smallest absolute Gasteiger partial charge is 0.338 e. The van der Waals surface area contributed by atoms with Crippen molar-refractivity contribution < 1.29 is 14.3 Å². The number of benzene rings is 1. The molecule has 0 aromatic heterocycles. The van der Waals surface area contributed by atoms with Gasteiger partial charge in [0.15, 0.2) is 12.4 Å². The fourth-order valence-corrected chi connectivity index (χ4v) is 1.08. The Morgan fingerprint density at radius 3 is 2.60 bits per heavy atom. The number of esters is 1. The summed E-state index contributed by atoms with van der Waals surface area (Å²) in [5.41, 5.74) is 0.438. The average Bonchev–Trinajstić information content (AvgIpc) is 2.29. The number of hydrogen-bond donors (Lipinski definition) is 0. The van der Waals surface area contributed by atoms with Crippen LogP contribution in [0.5, 0.6) is 0 Å². The van der Waals surface area contributed by atoms with Gasteiger partial charge in [-0.15, -0.1) is 6.58 Å². The Labute approximate surface area is 88.4 Å². The summed E-state index contributed by atoms with van der Waals surface area (Å²) in [5.74, 6) is -0.491. The average molecular weight is 204 g/mol. The van der Waals surface area contributed by atoms with Crippen molar-refractivity contribution in [1.82, 2.24) is 0 Å². The number of carbonyl (C=O) groups excluding carboxylic acids is 2. The van der Waals surface area contributed by atoms with Crippen molar-refractivity contribution in [1.29, 1.82) is 0 Å². The molecule has 78 valence electrons. The molecule has 0 aliphatic heterocycles. The highest BCUT2D eigenvalue weighted by molar-refractivity contribution is 5.90. The lowest BCUT2D eigenvalue weighted by atomic mass is 10.2. The summed E-state index contributed by atoms with van der Waals surface area (Å²) in [4.78, 5) is 22.0. The first-order chi connectivity index (χ1) is 7.27. The molecule has 0 bridgehead atoms. The van der Waals surface area contributed by atoms with Gasteiger partial charge in [-0.25, -0.2) is 4.79 Å². The molecule has 3 heteroatoms. The van der Waals surface area contributed by atoms with E-state index in [1.165, 1.54) is 6.08 Å². The lowest BCUT2D eigenvalue weighted by Crippen LogP contribution is -2.18. The third kappa shape index (κ3) is 3.38. The summed E-state index contributed by atoms with van der Waals surface area (Å²) in [7, 11) is 0. The monoisotopic (exact) mass is 204 g/mol. The molecular weight excluding hydrogens is 192 g/mol. The second-order valence-electron chi connectivity index (χ2n) is 2.97. The second-order valence-corrected chi connectivity index (χ2v) is 2.97. The molecule has 0 aliphatic rings. The van der Waals surface area contributed by atoms with Gasteiger partial charge in [-0.1, -0.05) is 24.3 Å². The van der Waals surface area contributed by atoms with E-state index in [1.807, 2.05) is 0 Å². The summed E-state index contributed by atoms with van der Waals surface area (Å²) >= 11 is 0. The summed E-state index contributed by atoms with van der Waals surface area (Å²) < 4.78 is 4.95. The summed E-state index contributed by atoms with van der Waals surface area (Å²) in [6.45, 7) is 3.48. The van der Waals surface area contributed by atoms with Crippen molar-refractivity contribution in [2.45, 2.75) is 12.5 Å². The number of carbonyl (C=O) groups is 2. The Morgan fingerprint density at radius 1 is 1.40 bits per heavy atom. The van der Waals surface area contributed by atoms with E-state index in [2.05, 4.69) is 6.58 Å². The minimum absolute atomic E-state index is 0.335. The standard InChI is InChI=1S/C12H12O3/c1-2-6-11(9-13)15-12(14)10-7-4-3-5-8-10/h2-5,7-9,11H,1,6H2. The normalized spacial score (nSPS) is 11.5. The fourth-order valence-electron chi connectivity index (χ4n) is 1.08. The molecule has 0 saturated carbocycles. The van der Waals surface area contributed by atoms with Crippen molar-refractivity contribution in [3.05, 3.63) is 48.6 Å². The van der Waals surface area contributed by atoms with Crippen LogP contribution in [0.3, 0.4) is 0 Å². The van der Waals surface area contributed by atoms with E-state index in [9.17, 15) is 9.59 Å². The highest BCUT2D eigenvalue weighted by Crippen LogP contribution is 2.05. The first-order valence-electron chi connectivity index (χ1n) is 4.60. The van der Waals surface area contributed by atoms with Gasteiger partial charge in [0, 0.05) is 6.42 Å². The lowest BCUT2D eigenvalue weighted by molar-refractivity contribution is -0.115. The zero-order chi connectivity index (χ0) is 11.1. The van der Waals surface area contributed by atoms with Gasteiger partial charge in [0.2, 0.25) is 0 Å². The molecule has 0 aliphatic carbocycles. The van der Waals surface area contributed by atoms with Gasteiger partial charge >= 0.3 is 5.97 Å². The van der Waals surface area contributed by atoms with Crippen LogP contribution in [0.25, 0.3) is 0 Å². The quantitative estimate of drug-likeness (QED) is 0.418. The van der Waals surface area contributed by atoms with E-state index in [0.717, 1.165) is 0 Å². The highest BCUT2D eigenvalue weighted by Gasteiger charge is 2.13. The van der Waals surface area contributed by atoms with Gasteiger partial charge in [-0.2, -0.15) is 0 Å². The molecule has 0 radical (unpaired) electrons. The van der Waals surface area contributed by atoms with Crippen molar-refractivity contribution >= 4 is 12.3 Å². The molecule has 0 heterocycles. The summed E-state index contributed by atoms with van der Waals surface area (Å²) in [6.07, 6.45) is 1.73. The maximum atomic E-state index is 11.5. The molecule has 3 nitrogen and oxygen atoms in total. The molecule has 1 atom stereocenters. The third-order valence-corrected chi connectivity index (χ3v) is 1.82. The Morgan fingerprint density at radius 2 is 2.07 bits per heavy atom. The van der Waals surface area contributed by atoms with Crippen LogP contribution in [0, 0.1) is 0 Å². The Hall–Kier alpha value is -1.90. The molecule has 0 spiro atoms. The Kier molecular flexibility index (Phi) is 4.29. The summed E-state index contributed by atoms with van der Waals surface area (Å²) in [6, 6.07) is 8.55. The highest BCUT2D eigenvalue weighted by atomic mass is 16.5. The van der Waals surface area contributed by atoms with E-state index in [0.29, 0.717) is 18.3 Å². The molecule has 15 heavy (non-hydrogen) atoms. The van der Waals surface area contributed by atoms with Crippen LogP contribution in [-0.4, -0.2) is 18.4 Å². The molecule has 1 aromatic carbocycles.